The molecule has 2 fully saturated rings. The zero-order valence-electron chi connectivity index (χ0n) is 24.4. The molecule has 0 spiro atoms. The number of alkyl halides is 1. The van der Waals surface area contributed by atoms with Crippen LogP contribution in [0.2, 0.25) is 0 Å². The number of halogens is 1. The molecule has 11 nitrogen and oxygen atoms in total. The Hall–Kier alpha value is -4.29. The number of pyridine rings is 1. The third-order valence-electron chi connectivity index (χ3n) is 8.43. The Morgan fingerprint density at radius 1 is 1.21 bits per heavy atom. The van der Waals surface area contributed by atoms with E-state index in [1.54, 1.807) is 21.6 Å². The van der Waals surface area contributed by atoms with Crippen LogP contribution in [0.25, 0.3) is 33.2 Å². The summed E-state index contributed by atoms with van der Waals surface area (Å²) in [5.74, 6) is 1.58. The number of hydrogen-bond acceptors (Lipinski definition) is 9. The fourth-order valence-electron chi connectivity index (χ4n) is 5.91. The lowest BCUT2D eigenvalue weighted by Crippen LogP contribution is -2.32. The summed E-state index contributed by atoms with van der Waals surface area (Å²) >= 11 is 0. The zero-order chi connectivity index (χ0) is 29.8. The van der Waals surface area contributed by atoms with Gasteiger partial charge in [0.1, 0.15) is 42.4 Å². The number of nitrogen functional groups attached to an aromatic ring is 1. The molecule has 1 aliphatic heterocycles. The molecule has 2 aliphatic rings. The first-order chi connectivity index (χ1) is 20.8. The number of nitrogens with two attached hydrogens (primary N) is 1. The second-order valence-corrected chi connectivity index (χ2v) is 11.6. The summed E-state index contributed by atoms with van der Waals surface area (Å²) in [7, 11) is 3.94. The first-order valence-corrected chi connectivity index (χ1v) is 14.7. The van der Waals surface area contributed by atoms with E-state index in [0.717, 1.165) is 41.2 Å². The van der Waals surface area contributed by atoms with Crippen molar-refractivity contribution in [1.82, 2.24) is 29.3 Å². The molecule has 4 aromatic heterocycles. The minimum Gasteiger partial charge on any atom is -0.491 e. The quantitative estimate of drug-likeness (QED) is 0.263. The first kappa shape index (κ1) is 27.5. The molecule has 5 aromatic rings. The molecule has 7 rings (SSSR count). The predicted octanol–water partition coefficient (Wildman–Crippen LogP) is 4.05. The standard InChI is InChI=1S/C31H35FN8O3/c1-4-18-11-24(38(2)13-17-5-6-17)20-8-7-19(12-23(20)36-18)42-15-25-28(41)27(32)31(43-25)40-14-21(22-9-10-39(3)37-22)26-29(33)34-16-35-30(26)40/h7-12,14,16-17,25,27-28,31,41H,4-6,13,15H2,1-3H3,(H2,33,34,35)/t25-,27+,28-,31-/m1/s1. The van der Waals surface area contributed by atoms with Gasteiger partial charge in [-0.15, -0.1) is 0 Å². The van der Waals surface area contributed by atoms with Gasteiger partial charge < -0.3 is 29.8 Å². The summed E-state index contributed by atoms with van der Waals surface area (Å²) in [6.45, 7) is 3.08. The number of aryl methyl sites for hydroxylation is 2. The van der Waals surface area contributed by atoms with Crippen molar-refractivity contribution in [2.24, 2.45) is 13.0 Å². The van der Waals surface area contributed by atoms with Crippen LogP contribution < -0.4 is 15.4 Å². The average molecular weight is 587 g/mol. The summed E-state index contributed by atoms with van der Waals surface area (Å²) in [5.41, 5.74) is 10.9. The smallest absolute Gasteiger partial charge is 0.173 e. The maximum absolute atomic E-state index is 15.6. The van der Waals surface area contributed by atoms with Gasteiger partial charge in [0, 0.05) is 61.4 Å². The number of benzene rings is 1. The fraction of sp³-hybridized carbons (Fsp3) is 0.419. The molecule has 3 N–H and O–H groups in total. The third-order valence-corrected chi connectivity index (χ3v) is 8.43. The molecule has 12 heteroatoms. The van der Waals surface area contributed by atoms with E-state index in [9.17, 15) is 5.11 Å². The molecule has 0 amide bonds. The van der Waals surface area contributed by atoms with Gasteiger partial charge in [-0.1, -0.05) is 6.92 Å². The van der Waals surface area contributed by atoms with E-state index in [-0.39, 0.29) is 12.4 Å². The van der Waals surface area contributed by atoms with Crippen molar-refractivity contribution < 1.29 is 19.0 Å². The van der Waals surface area contributed by atoms with E-state index in [2.05, 4.69) is 40.0 Å². The van der Waals surface area contributed by atoms with Gasteiger partial charge in [0.15, 0.2) is 12.4 Å². The Kier molecular flexibility index (Phi) is 6.89. The van der Waals surface area contributed by atoms with Crippen LogP contribution in [0.1, 0.15) is 31.7 Å². The monoisotopic (exact) mass is 586 g/mol. The molecule has 0 unspecified atom stereocenters. The summed E-state index contributed by atoms with van der Waals surface area (Å²) in [5, 5.41) is 16.9. The minimum absolute atomic E-state index is 0.0467. The molecule has 4 atom stereocenters. The predicted molar refractivity (Wildman–Crippen MR) is 162 cm³/mol. The maximum Gasteiger partial charge on any atom is 0.173 e. The highest BCUT2D eigenvalue weighted by Crippen LogP contribution is 2.39. The number of aliphatic hydroxyl groups is 1. The molecule has 1 saturated carbocycles. The van der Waals surface area contributed by atoms with Crippen molar-refractivity contribution in [3.63, 3.8) is 0 Å². The van der Waals surface area contributed by atoms with Crippen molar-refractivity contribution in [2.75, 3.05) is 30.8 Å². The lowest BCUT2D eigenvalue weighted by molar-refractivity contribution is -0.0410. The highest BCUT2D eigenvalue weighted by atomic mass is 19.1. The SMILES string of the molecule is CCc1cc(N(C)CC2CC2)c2ccc(OC[C@H]3O[C@@H](n4cc(-c5ccn(C)n5)c5c(N)ncnc54)[C@@H](F)[C@@H]3O)cc2n1. The topological polar surface area (TPSA) is 129 Å². The highest BCUT2D eigenvalue weighted by Gasteiger charge is 2.46. The third kappa shape index (κ3) is 5.04. The largest absolute Gasteiger partial charge is 0.491 e. The van der Waals surface area contributed by atoms with Crippen LogP contribution in [-0.4, -0.2) is 73.0 Å². The van der Waals surface area contributed by atoms with Gasteiger partial charge in [0.2, 0.25) is 0 Å². The number of aromatic nitrogens is 6. The maximum atomic E-state index is 15.6. The van der Waals surface area contributed by atoms with Crippen LogP contribution in [0.4, 0.5) is 15.9 Å². The van der Waals surface area contributed by atoms with Gasteiger partial charge in [-0.2, -0.15) is 5.10 Å². The van der Waals surface area contributed by atoms with E-state index in [4.69, 9.17) is 20.2 Å². The van der Waals surface area contributed by atoms with E-state index in [0.29, 0.717) is 28.0 Å². The number of anilines is 2. The number of ether oxygens (including phenoxy) is 2. The van der Waals surface area contributed by atoms with E-state index < -0.39 is 24.6 Å². The minimum atomic E-state index is -1.73. The van der Waals surface area contributed by atoms with Crippen molar-refractivity contribution in [3.05, 3.63) is 54.7 Å². The van der Waals surface area contributed by atoms with Gasteiger partial charge in [-0.25, -0.2) is 14.4 Å². The Bertz CT molecular complexity index is 1800. The Balaban J connectivity index is 1.13. The van der Waals surface area contributed by atoms with Gasteiger partial charge in [-0.3, -0.25) is 9.67 Å². The molecule has 1 saturated heterocycles. The lowest BCUT2D eigenvalue weighted by atomic mass is 10.1. The van der Waals surface area contributed by atoms with Crippen molar-refractivity contribution in [3.8, 4) is 17.0 Å². The molecule has 1 aromatic carbocycles. The number of nitrogens with zero attached hydrogens (tertiary/aromatic N) is 7. The van der Waals surface area contributed by atoms with Gasteiger partial charge in [0.25, 0.3) is 0 Å². The summed E-state index contributed by atoms with van der Waals surface area (Å²) < 4.78 is 31.0. The molecule has 0 radical (unpaired) electrons. The first-order valence-electron chi connectivity index (χ1n) is 14.7. The molecule has 0 bridgehead atoms. The zero-order valence-corrected chi connectivity index (χ0v) is 24.4. The number of hydrogen-bond donors (Lipinski definition) is 2. The van der Waals surface area contributed by atoms with Gasteiger partial charge in [0.05, 0.1) is 16.6 Å². The molecule has 224 valence electrons. The van der Waals surface area contributed by atoms with Crippen LogP contribution >= 0.6 is 0 Å². The van der Waals surface area contributed by atoms with Crippen LogP contribution in [0.5, 0.6) is 5.75 Å². The van der Waals surface area contributed by atoms with Crippen LogP contribution in [-0.2, 0) is 18.2 Å². The number of fused-ring (bicyclic) bond motifs is 2. The van der Waals surface area contributed by atoms with Crippen LogP contribution in [0, 0.1) is 5.92 Å². The van der Waals surface area contributed by atoms with E-state index in [1.807, 2.05) is 31.3 Å². The lowest BCUT2D eigenvalue weighted by Gasteiger charge is -2.22. The molecule has 5 heterocycles. The molecular weight excluding hydrogens is 551 g/mol. The molecule has 43 heavy (non-hydrogen) atoms. The number of aliphatic hydroxyl groups excluding tert-OH is 1. The van der Waals surface area contributed by atoms with Crippen LogP contribution in [0.3, 0.4) is 0 Å². The highest BCUT2D eigenvalue weighted by molar-refractivity contribution is 6.00. The second-order valence-electron chi connectivity index (χ2n) is 11.6. The van der Waals surface area contributed by atoms with Gasteiger partial charge >= 0.3 is 0 Å². The van der Waals surface area contributed by atoms with Crippen LogP contribution in [0.15, 0.2) is 49.1 Å². The molecular formula is C31H35FN8O3. The average Bonchev–Trinajstić information content (AvgIpc) is 3.46. The van der Waals surface area contributed by atoms with Crippen molar-refractivity contribution >= 4 is 33.4 Å². The van der Waals surface area contributed by atoms with E-state index in [1.165, 1.54) is 19.2 Å². The van der Waals surface area contributed by atoms with E-state index >= 15 is 4.39 Å². The molecule has 1 aliphatic carbocycles. The van der Waals surface area contributed by atoms with Crippen molar-refractivity contribution in [2.45, 2.75) is 50.8 Å². The fourth-order valence-corrected chi connectivity index (χ4v) is 5.91. The van der Waals surface area contributed by atoms with Gasteiger partial charge in [-0.05, 0) is 49.4 Å². The Labute approximate surface area is 248 Å². The Morgan fingerprint density at radius 2 is 2.05 bits per heavy atom. The summed E-state index contributed by atoms with van der Waals surface area (Å²) in [6.07, 6.45) is 3.02. The van der Waals surface area contributed by atoms with Crippen molar-refractivity contribution in [1.29, 1.82) is 0 Å². The number of rotatable bonds is 9. The second kappa shape index (κ2) is 10.8. The Morgan fingerprint density at radius 3 is 2.79 bits per heavy atom. The summed E-state index contributed by atoms with van der Waals surface area (Å²) in [4.78, 5) is 15.6. The normalized spacial score (nSPS) is 22.1. The summed E-state index contributed by atoms with van der Waals surface area (Å²) in [6, 6.07) is 9.78.